The molecule has 3 N–H and O–H groups in total. The van der Waals surface area contributed by atoms with Gasteiger partial charge < -0.3 is 10.8 Å². The van der Waals surface area contributed by atoms with Gasteiger partial charge in [0.2, 0.25) is 0 Å². The molecule has 1 aromatic heterocycles. The Balaban J connectivity index is 1.85. The van der Waals surface area contributed by atoms with Crippen LogP contribution in [0.4, 0.5) is 0 Å². The third-order valence-electron chi connectivity index (χ3n) is 3.78. The molecule has 0 radical (unpaired) electrons. The SMILES string of the molecule is NCc1nnn(CC2(CO)CC2)c1C1CC1. The van der Waals surface area contributed by atoms with Crippen molar-refractivity contribution in [2.24, 2.45) is 11.1 Å². The number of hydrogen-bond acceptors (Lipinski definition) is 4. The van der Waals surface area contributed by atoms with Crippen LogP contribution in [0.3, 0.4) is 0 Å². The largest absolute Gasteiger partial charge is 0.396 e. The van der Waals surface area contributed by atoms with Crippen LogP contribution in [0.25, 0.3) is 0 Å². The second kappa shape index (κ2) is 3.53. The van der Waals surface area contributed by atoms with Gasteiger partial charge in [0.15, 0.2) is 0 Å². The minimum atomic E-state index is 0.0865. The predicted octanol–water partition coefficient (Wildman–Crippen LogP) is 0.387. The monoisotopic (exact) mass is 222 g/mol. The lowest BCUT2D eigenvalue weighted by molar-refractivity contribution is 0.188. The fourth-order valence-electron chi connectivity index (χ4n) is 2.28. The van der Waals surface area contributed by atoms with Crippen molar-refractivity contribution in [1.82, 2.24) is 15.0 Å². The van der Waals surface area contributed by atoms with Crippen LogP contribution in [0.1, 0.15) is 43.0 Å². The first-order valence-electron chi connectivity index (χ1n) is 6.01. The Bertz CT molecular complexity index is 393. The number of hydrogen-bond donors (Lipinski definition) is 2. The number of aliphatic hydroxyl groups excluding tert-OH is 1. The molecule has 2 fully saturated rings. The van der Waals surface area contributed by atoms with Gasteiger partial charge in [-0.25, -0.2) is 4.68 Å². The van der Waals surface area contributed by atoms with E-state index in [-0.39, 0.29) is 12.0 Å². The molecule has 0 bridgehead atoms. The zero-order chi connectivity index (χ0) is 11.2. The van der Waals surface area contributed by atoms with Gasteiger partial charge in [0.25, 0.3) is 0 Å². The van der Waals surface area contributed by atoms with E-state index < -0.39 is 0 Å². The molecule has 0 aromatic carbocycles. The molecule has 1 heterocycles. The molecule has 5 heteroatoms. The first-order valence-corrected chi connectivity index (χ1v) is 6.01. The lowest BCUT2D eigenvalue weighted by Crippen LogP contribution is -2.18. The molecule has 5 nitrogen and oxygen atoms in total. The molecule has 2 aliphatic rings. The highest BCUT2D eigenvalue weighted by Gasteiger charge is 2.44. The zero-order valence-electron chi connectivity index (χ0n) is 9.39. The van der Waals surface area contributed by atoms with Crippen LogP contribution >= 0.6 is 0 Å². The van der Waals surface area contributed by atoms with Crippen LogP contribution in [0.2, 0.25) is 0 Å². The Morgan fingerprint density at radius 1 is 1.44 bits per heavy atom. The minimum Gasteiger partial charge on any atom is -0.396 e. The maximum Gasteiger partial charge on any atom is 0.0997 e. The Morgan fingerprint density at radius 3 is 2.69 bits per heavy atom. The molecule has 3 rings (SSSR count). The van der Waals surface area contributed by atoms with Crippen LogP contribution < -0.4 is 5.73 Å². The highest BCUT2D eigenvalue weighted by molar-refractivity contribution is 5.20. The summed E-state index contributed by atoms with van der Waals surface area (Å²) in [5, 5.41) is 17.7. The van der Waals surface area contributed by atoms with E-state index in [2.05, 4.69) is 10.3 Å². The third kappa shape index (κ3) is 1.64. The Hall–Kier alpha value is -0.940. The van der Waals surface area contributed by atoms with Gasteiger partial charge in [-0.2, -0.15) is 0 Å². The predicted molar refractivity (Wildman–Crippen MR) is 58.6 cm³/mol. The summed E-state index contributed by atoms with van der Waals surface area (Å²) in [5.41, 5.74) is 7.93. The molecule has 2 aliphatic carbocycles. The maximum atomic E-state index is 9.34. The summed E-state index contributed by atoms with van der Waals surface area (Å²) in [6.07, 6.45) is 4.66. The van der Waals surface area contributed by atoms with Crippen molar-refractivity contribution < 1.29 is 5.11 Å². The van der Waals surface area contributed by atoms with Gasteiger partial charge in [0.05, 0.1) is 24.5 Å². The maximum absolute atomic E-state index is 9.34. The van der Waals surface area contributed by atoms with Gasteiger partial charge in [-0.05, 0) is 25.7 Å². The molecule has 0 amide bonds. The van der Waals surface area contributed by atoms with E-state index in [4.69, 9.17) is 5.73 Å². The van der Waals surface area contributed by atoms with Crippen molar-refractivity contribution in [3.05, 3.63) is 11.4 Å². The summed E-state index contributed by atoms with van der Waals surface area (Å²) in [6, 6.07) is 0. The van der Waals surface area contributed by atoms with Crippen molar-refractivity contribution in [3.63, 3.8) is 0 Å². The van der Waals surface area contributed by atoms with Gasteiger partial charge in [0.1, 0.15) is 0 Å². The highest BCUT2D eigenvalue weighted by Crippen LogP contribution is 2.48. The summed E-state index contributed by atoms with van der Waals surface area (Å²) in [4.78, 5) is 0. The number of aliphatic hydroxyl groups is 1. The minimum absolute atomic E-state index is 0.0865. The summed E-state index contributed by atoms with van der Waals surface area (Å²) < 4.78 is 1.99. The van der Waals surface area contributed by atoms with Crippen LogP contribution in [0, 0.1) is 5.41 Å². The molecule has 88 valence electrons. The summed E-state index contributed by atoms with van der Waals surface area (Å²) in [7, 11) is 0. The fourth-order valence-corrected chi connectivity index (χ4v) is 2.28. The quantitative estimate of drug-likeness (QED) is 0.755. The van der Waals surface area contributed by atoms with Crippen LogP contribution in [0.15, 0.2) is 0 Å². The molecule has 16 heavy (non-hydrogen) atoms. The third-order valence-corrected chi connectivity index (χ3v) is 3.78. The molecule has 0 spiro atoms. The molecular formula is C11H18N4O. The number of rotatable bonds is 5. The van der Waals surface area contributed by atoms with Crippen molar-refractivity contribution >= 4 is 0 Å². The van der Waals surface area contributed by atoms with E-state index in [0.29, 0.717) is 12.5 Å². The molecule has 0 aliphatic heterocycles. The summed E-state index contributed by atoms with van der Waals surface area (Å²) in [6.45, 7) is 1.54. The van der Waals surface area contributed by atoms with Crippen molar-refractivity contribution in [3.8, 4) is 0 Å². The Morgan fingerprint density at radius 2 is 2.19 bits per heavy atom. The molecule has 2 saturated carbocycles. The molecular weight excluding hydrogens is 204 g/mol. The van der Waals surface area contributed by atoms with Gasteiger partial charge in [-0.1, -0.05) is 5.21 Å². The second-order valence-electron chi connectivity index (χ2n) is 5.22. The van der Waals surface area contributed by atoms with E-state index in [1.165, 1.54) is 18.5 Å². The van der Waals surface area contributed by atoms with Gasteiger partial charge in [-0.15, -0.1) is 5.10 Å². The van der Waals surface area contributed by atoms with E-state index in [0.717, 1.165) is 25.1 Å². The topological polar surface area (TPSA) is 77.0 Å². The van der Waals surface area contributed by atoms with Crippen LogP contribution in [0.5, 0.6) is 0 Å². The molecule has 1 aromatic rings. The Labute approximate surface area is 94.6 Å². The van der Waals surface area contributed by atoms with Crippen LogP contribution in [-0.2, 0) is 13.1 Å². The fraction of sp³-hybridized carbons (Fsp3) is 0.818. The number of nitrogens with zero attached hydrogens (tertiary/aromatic N) is 3. The van der Waals surface area contributed by atoms with Crippen molar-refractivity contribution in [2.45, 2.75) is 44.7 Å². The smallest absolute Gasteiger partial charge is 0.0997 e. The number of nitrogens with two attached hydrogens (primary N) is 1. The van der Waals surface area contributed by atoms with Gasteiger partial charge in [0, 0.05) is 17.9 Å². The number of aromatic nitrogens is 3. The average Bonchev–Trinajstić information content (AvgIpc) is 3.20. The van der Waals surface area contributed by atoms with E-state index in [1.54, 1.807) is 0 Å². The normalized spacial score (nSPS) is 22.4. The molecule has 0 atom stereocenters. The molecule has 0 unspecified atom stereocenters. The van der Waals surface area contributed by atoms with Gasteiger partial charge >= 0.3 is 0 Å². The van der Waals surface area contributed by atoms with E-state index >= 15 is 0 Å². The Kier molecular flexibility index (Phi) is 2.26. The zero-order valence-corrected chi connectivity index (χ0v) is 9.39. The van der Waals surface area contributed by atoms with Crippen LogP contribution in [-0.4, -0.2) is 26.7 Å². The lowest BCUT2D eigenvalue weighted by Gasteiger charge is -2.13. The first kappa shape index (κ1) is 10.2. The van der Waals surface area contributed by atoms with Crippen molar-refractivity contribution in [1.29, 1.82) is 0 Å². The lowest BCUT2D eigenvalue weighted by atomic mass is 10.1. The summed E-state index contributed by atoms with van der Waals surface area (Å²) in [5.74, 6) is 0.614. The standard InChI is InChI=1S/C11H18N4O/c12-5-9-10(8-1-2-8)15(14-13-9)6-11(7-16)3-4-11/h8,16H,1-7,12H2. The van der Waals surface area contributed by atoms with Crippen molar-refractivity contribution in [2.75, 3.05) is 6.61 Å². The van der Waals surface area contributed by atoms with E-state index in [9.17, 15) is 5.11 Å². The highest BCUT2D eigenvalue weighted by atomic mass is 16.3. The van der Waals surface area contributed by atoms with E-state index in [1.807, 2.05) is 4.68 Å². The first-order chi connectivity index (χ1) is 7.78. The second-order valence-corrected chi connectivity index (χ2v) is 5.22. The average molecular weight is 222 g/mol. The summed E-state index contributed by atoms with van der Waals surface area (Å²) >= 11 is 0. The molecule has 0 saturated heterocycles. The van der Waals surface area contributed by atoms with Gasteiger partial charge in [-0.3, -0.25) is 0 Å².